The maximum absolute atomic E-state index is 13.1. The molecular weight excluding hydrogens is 340 g/mol. The highest BCUT2D eigenvalue weighted by Gasteiger charge is 2.30. The van der Waals surface area contributed by atoms with Crippen molar-refractivity contribution in [3.05, 3.63) is 58.6 Å². The molecule has 0 spiro atoms. The van der Waals surface area contributed by atoms with Crippen LogP contribution in [0.1, 0.15) is 22.0 Å². The van der Waals surface area contributed by atoms with Crippen molar-refractivity contribution < 1.29 is 14.3 Å². The lowest BCUT2D eigenvalue weighted by atomic mass is 10.0. The molecule has 6 heteroatoms. The third-order valence-corrected chi connectivity index (χ3v) is 4.74. The molecule has 2 aromatic carbocycles. The predicted molar refractivity (Wildman–Crippen MR) is 97.6 cm³/mol. The minimum Gasteiger partial charge on any atom is -0.493 e. The quantitative estimate of drug-likeness (QED) is 0.910. The van der Waals surface area contributed by atoms with Crippen LogP contribution in [0.5, 0.6) is 11.5 Å². The molecule has 0 saturated carbocycles. The van der Waals surface area contributed by atoms with E-state index in [1.165, 1.54) is 0 Å². The zero-order chi connectivity index (χ0) is 17.8. The number of benzene rings is 2. The third-order valence-electron chi connectivity index (χ3n) is 4.40. The molecule has 1 fully saturated rings. The van der Waals surface area contributed by atoms with Gasteiger partial charge in [0, 0.05) is 30.2 Å². The smallest absolute Gasteiger partial charge is 0.254 e. The molecule has 5 nitrogen and oxygen atoms in total. The molecule has 1 aliphatic rings. The standard InChI is InChI=1S/C19H21ClN2O3/c1-24-17-8-7-13(11-18(17)25-2)19(23)22-10-9-21-12-16(22)14-5-3-4-6-15(14)20/h3-8,11,16,21H,9-10,12H2,1-2H3. The van der Waals surface area contributed by atoms with E-state index in [2.05, 4.69) is 5.32 Å². The second-order valence-electron chi connectivity index (χ2n) is 5.81. The molecular formula is C19H21ClN2O3. The minimum absolute atomic E-state index is 0.0487. The van der Waals surface area contributed by atoms with Gasteiger partial charge in [-0.25, -0.2) is 0 Å². The van der Waals surface area contributed by atoms with Gasteiger partial charge in [0.25, 0.3) is 5.91 Å². The lowest BCUT2D eigenvalue weighted by molar-refractivity contribution is 0.0634. The van der Waals surface area contributed by atoms with Crippen molar-refractivity contribution in [1.82, 2.24) is 10.2 Å². The predicted octanol–water partition coefficient (Wildman–Crippen LogP) is 3.14. The van der Waals surface area contributed by atoms with Crippen LogP contribution in [0, 0.1) is 0 Å². The maximum Gasteiger partial charge on any atom is 0.254 e. The molecule has 2 aromatic rings. The topological polar surface area (TPSA) is 50.8 Å². The molecule has 1 atom stereocenters. The number of hydrogen-bond acceptors (Lipinski definition) is 4. The first-order chi connectivity index (χ1) is 12.2. The number of ether oxygens (including phenoxy) is 2. The summed E-state index contributed by atoms with van der Waals surface area (Å²) in [6.07, 6.45) is 0. The second-order valence-corrected chi connectivity index (χ2v) is 6.22. The van der Waals surface area contributed by atoms with E-state index < -0.39 is 0 Å². The summed E-state index contributed by atoms with van der Waals surface area (Å²) in [7, 11) is 3.13. The van der Waals surface area contributed by atoms with Crippen LogP contribution >= 0.6 is 11.6 Å². The van der Waals surface area contributed by atoms with E-state index in [0.717, 1.165) is 12.1 Å². The molecule has 1 amide bonds. The molecule has 1 unspecified atom stereocenters. The van der Waals surface area contributed by atoms with E-state index in [4.69, 9.17) is 21.1 Å². The number of carbonyl (C=O) groups excluding carboxylic acids is 1. The largest absolute Gasteiger partial charge is 0.493 e. The average molecular weight is 361 g/mol. The Bertz CT molecular complexity index is 766. The van der Waals surface area contributed by atoms with Crippen molar-refractivity contribution in [3.8, 4) is 11.5 Å². The molecule has 0 radical (unpaired) electrons. The first-order valence-corrected chi connectivity index (χ1v) is 8.51. The van der Waals surface area contributed by atoms with Crippen LogP contribution in [0.15, 0.2) is 42.5 Å². The molecule has 3 rings (SSSR count). The Hall–Kier alpha value is -2.24. The van der Waals surface area contributed by atoms with E-state index in [-0.39, 0.29) is 11.9 Å². The summed E-state index contributed by atoms with van der Waals surface area (Å²) in [5, 5.41) is 4.01. The normalized spacial score (nSPS) is 17.2. The number of nitrogens with zero attached hydrogens (tertiary/aromatic N) is 1. The molecule has 0 aromatic heterocycles. The molecule has 1 aliphatic heterocycles. The van der Waals surface area contributed by atoms with Crippen LogP contribution in [0.2, 0.25) is 5.02 Å². The van der Waals surface area contributed by atoms with Crippen LogP contribution in [-0.4, -0.2) is 44.7 Å². The summed E-state index contributed by atoms with van der Waals surface area (Å²) < 4.78 is 10.6. The lowest BCUT2D eigenvalue weighted by Gasteiger charge is -2.37. The summed E-state index contributed by atoms with van der Waals surface area (Å²) in [6.45, 7) is 2.03. The van der Waals surface area contributed by atoms with Gasteiger partial charge in [-0.15, -0.1) is 0 Å². The van der Waals surface area contributed by atoms with Gasteiger partial charge >= 0.3 is 0 Å². The zero-order valence-corrected chi connectivity index (χ0v) is 15.0. The summed E-state index contributed by atoms with van der Waals surface area (Å²) in [5.74, 6) is 1.09. The van der Waals surface area contributed by atoms with E-state index in [1.807, 2.05) is 29.2 Å². The fourth-order valence-electron chi connectivity index (χ4n) is 3.11. The fraction of sp³-hybridized carbons (Fsp3) is 0.316. The average Bonchev–Trinajstić information content (AvgIpc) is 2.67. The molecule has 1 heterocycles. The lowest BCUT2D eigenvalue weighted by Crippen LogP contribution is -2.48. The third kappa shape index (κ3) is 3.57. The Morgan fingerprint density at radius 3 is 2.64 bits per heavy atom. The Labute approximate surface area is 152 Å². The van der Waals surface area contributed by atoms with E-state index in [9.17, 15) is 4.79 Å². The highest BCUT2D eigenvalue weighted by Crippen LogP contribution is 2.32. The fourth-order valence-corrected chi connectivity index (χ4v) is 3.37. The number of hydrogen-bond donors (Lipinski definition) is 1. The van der Waals surface area contributed by atoms with Crippen molar-refractivity contribution >= 4 is 17.5 Å². The molecule has 0 bridgehead atoms. The van der Waals surface area contributed by atoms with E-state index in [0.29, 0.717) is 35.2 Å². The first-order valence-electron chi connectivity index (χ1n) is 8.14. The molecule has 132 valence electrons. The maximum atomic E-state index is 13.1. The Morgan fingerprint density at radius 1 is 1.16 bits per heavy atom. The summed E-state index contributed by atoms with van der Waals surface area (Å²) in [6, 6.07) is 12.8. The number of halogens is 1. The van der Waals surface area contributed by atoms with Crippen molar-refractivity contribution in [2.75, 3.05) is 33.9 Å². The number of nitrogens with one attached hydrogen (secondary N) is 1. The number of carbonyl (C=O) groups is 1. The van der Waals surface area contributed by atoms with E-state index >= 15 is 0 Å². The van der Waals surface area contributed by atoms with Gasteiger partial charge in [0.05, 0.1) is 20.3 Å². The van der Waals surface area contributed by atoms with Gasteiger partial charge in [-0.3, -0.25) is 4.79 Å². The van der Waals surface area contributed by atoms with Crippen molar-refractivity contribution in [3.63, 3.8) is 0 Å². The van der Waals surface area contributed by atoms with Gasteiger partial charge < -0.3 is 19.7 Å². The van der Waals surface area contributed by atoms with Gasteiger partial charge in [-0.05, 0) is 29.8 Å². The van der Waals surface area contributed by atoms with Crippen molar-refractivity contribution in [1.29, 1.82) is 0 Å². The SMILES string of the molecule is COc1ccc(C(=O)N2CCNCC2c2ccccc2Cl)cc1OC. The Balaban J connectivity index is 1.93. The highest BCUT2D eigenvalue weighted by molar-refractivity contribution is 6.31. The monoisotopic (exact) mass is 360 g/mol. The Kier molecular flexibility index (Phi) is 5.46. The summed E-state index contributed by atoms with van der Waals surface area (Å²) in [5.41, 5.74) is 1.52. The summed E-state index contributed by atoms with van der Waals surface area (Å²) in [4.78, 5) is 15.0. The summed E-state index contributed by atoms with van der Waals surface area (Å²) >= 11 is 6.36. The number of methoxy groups -OCH3 is 2. The molecule has 25 heavy (non-hydrogen) atoms. The first kappa shape index (κ1) is 17.6. The number of rotatable bonds is 4. The molecule has 0 aliphatic carbocycles. The van der Waals surface area contributed by atoms with Gasteiger partial charge in [-0.1, -0.05) is 29.8 Å². The van der Waals surface area contributed by atoms with Crippen LogP contribution in [0.25, 0.3) is 0 Å². The highest BCUT2D eigenvalue weighted by atomic mass is 35.5. The van der Waals surface area contributed by atoms with Crippen LogP contribution in [-0.2, 0) is 0 Å². The van der Waals surface area contributed by atoms with Crippen LogP contribution in [0.3, 0.4) is 0 Å². The number of amides is 1. The van der Waals surface area contributed by atoms with Crippen molar-refractivity contribution in [2.45, 2.75) is 6.04 Å². The second kappa shape index (κ2) is 7.76. The van der Waals surface area contributed by atoms with Gasteiger partial charge in [0.1, 0.15) is 0 Å². The van der Waals surface area contributed by atoms with Crippen LogP contribution < -0.4 is 14.8 Å². The minimum atomic E-state index is -0.108. The van der Waals surface area contributed by atoms with E-state index in [1.54, 1.807) is 32.4 Å². The zero-order valence-electron chi connectivity index (χ0n) is 14.3. The number of piperazine rings is 1. The van der Waals surface area contributed by atoms with Gasteiger partial charge in [0.15, 0.2) is 11.5 Å². The van der Waals surface area contributed by atoms with Gasteiger partial charge in [0.2, 0.25) is 0 Å². The van der Waals surface area contributed by atoms with Gasteiger partial charge in [-0.2, -0.15) is 0 Å². The Morgan fingerprint density at radius 2 is 1.92 bits per heavy atom. The molecule has 1 N–H and O–H groups in total. The molecule has 1 saturated heterocycles. The van der Waals surface area contributed by atoms with Crippen LogP contribution in [0.4, 0.5) is 0 Å². The van der Waals surface area contributed by atoms with Crippen molar-refractivity contribution in [2.24, 2.45) is 0 Å².